The van der Waals surface area contributed by atoms with E-state index in [1.165, 1.54) is 64.2 Å². The molecular weight excluding hydrogens is 729 g/mol. The SMILES string of the molecule is CC/C=C\C/C=C\C/C=C\C/C=C\C/C=C\C/C=C\C/C=C\C/C=C\CCCCCCC(=O)OC(CO)COC(=O)CCCCCCC/C=C\CCCCCCCCC. The Morgan fingerprint density at radius 1 is 0.407 bits per heavy atom. The van der Waals surface area contributed by atoms with Crippen LogP contribution in [-0.4, -0.2) is 36.4 Å². The third kappa shape index (κ3) is 47.1. The van der Waals surface area contributed by atoms with E-state index >= 15 is 0 Å². The first-order valence-corrected chi connectivity index (χ1v) is 23.9. The van der Waals surface area contributed by atoms with Gasteiger partial charge in [-0.1, -0.05) is 194 Å². The molecule has 0 spiro atoms. The summed E-state index contributed by atoms with van der Waals surface area (Å²) in [5, 5.41) is 9.60. The number of hydrogen-bond acceptors (Lipinski definition) is 5. The number of hydrogen-bond donors (Lipinski definition) is 1. The van der Waals surface area contributed by atoms with Crippen molar-refractivity contribution in [3.05, 3.63) is 109 Å². The third-order valence-corrected chi connectivity index (χ3v) is 9.80. The van der Waals surface area contributed by atoms with Gasteiger partial charge in [-0.3, -0.25) is 9.59 Å². The van der Waals surface area contributed by atoms with E-state index < -0.39 is 6.10 Å². The fourth-order valence-electron chi connectivity index (χ4n) is 6.21. The van der Waals surface area contributed by atoms with Gasteiger partial charge < -0.3 is 14.6 Å². The van der Waals surface area contributed by atoms with Crippen molar-refractivity contribution in [2.45, 2.75) is 206 Å². The first kappa shape index (κ1) is 55.6. The number of ether oxygens (including phenoxy) is 2. The summed E-state index contributed by atoms with van der Waals surface area (Å²) in [5.41, 5.74) is 0. The predicted molar refractivity (Wildman–Crippen MR) is 255 cm³/mol. The average Bonchev–Trinajstić information content (AvgIpc) is 3.24. The second-order valence-electron chi connectivity index (χ2n) is 15.4. The second kappa shape index (κ2) is 48.9. The summed E-state index contributed by atoms with van der Waals surface area (Å²) >= 11 is 0. The molecule has 0 radical (unpaired) electrons. The standard InChI is InChI=1S/C54H88O5/c1-3-5-7-9-11-13-15-17-19-21-22-23-24-25-26-27-28-29-30-31-32-33-35-37-39-41-43-45-47-49-54(57)59-52(50-55)51-58-53(56)48-46-44-42-40-38-36-34-20-18-16-14-12-10-8-6-4-2/h5,7,11,13,17,19-20,22-23,25-26,28-29,31-32,34-35,37,52,55H,3-4,6,8-10,12,14-16,18,21,24,27,30,33,36,38-51H2,1-2H3/b7-5-,13-11-,19-17-,23-22-,26-25-,29-28-,32-31-,34-20-,37-35-. The van der Waals surface area contributed by atoms with Crippen molar-refractivity contribution in [1.82, 2.24) is 0 Å². The lowest BCUT2D eigenvalue weighted by molar-refractivity contribution is -0.161. The zero-order valence-electron chi connectivity index (χ0n) is 38.0. The molecule has 0 saturated heterocycles. The number of unbranched alkanes of at least 4 members (excludes halogenated alkanes) is 16. The Hall–Kier alpha value is -3.44. The molecule has 0 aromatic rings. The minimum Gasteiger partial charge on any atom is -0.462 e. The normalized spacial score (nSPS) is 13.2. The first-order chi connectivity index (χ1) is 29.1. The molecule has 5 heteroatoms. The molecule has 0 rings (SSSR count). The topological polar surface area (TPSA) is 72.8 Å². The maximum atomic E-state index is 12.2. The number of carbonyl (C=O) groups excluding carboxylic acids is 2. The van der Waals surface area contributed by atoms with Crippen LogP contribution >= 0.6 is 0 Å². The molecule has 1 N–H and O–H groups in total. The molecule has 0 aliphatic carbocycles. The van der Waals surface area contributed by atoms with Gasteiger partial charge in [-0.15, -0.1) is 0 Å². The van der Waals surface area contributed by atoms with E-state index in [4.69, 9.17) is 9.47 Å². The van der Waals surface area contributed by atoms with Gasteiger partial charge in [0, 0.05) is 12.8 Å². The van der Waals surface area contributed by atoms with Crippen LogP contribution in [0.2, 0.25) is 0 Å². The van der Waals surface area contributed by atoms with Crippen LogP contribution in [-0.2, 0) is 19.1 Å². The molecule has 1 atom stereocenters. The van der Waals surface area contributed by atoms with Crippen molar-refractivity contribution in [2.24, 2.45) is 0 Å². The molecule has 59 heavy (non-hydrogen) atoms. The highest BCUT2D eigenvalue weighted by molar-refractivity contribution is 5.70. The van der Waals surface area contributed by atoms with Crippen LogP contribution in [0.1, 0.15) is 200 Å². The minimum atomic E-state index is -0.796. The predicted octanol–water partition coefficient (Wildman–Crippen LogP) is 15.8. The van der Waals surface area contributed by atoms with Crippen molar-refractivity contribution < 1.29 is 24.2 Å². The van der Waals surface area contributed by atoms with Crippen molar-refractivity contribution in [3.63, 3.8) is 0 Å². The maximum absolute atomic E-state index is 12.2. The lowest BCUT2D eigenvalue weighted by atomic mass is 10.1. The van der Waals surface area contributed by atoms with Crippen LogP contribution < -0.4 is 0 Å². The molecule has 334 valence electrons. The fraction of sp³-hybridized carbons (Fsp3) is 0.630. The van der Waals surface area contributed by atoms with Gasteiger partial charge in [0.15, 0.2) is 6.10 Å². The maximum Gasteiger partial charge on any atom is 0.306 e. The van der Waals surface area contributed by atoms with Crippen molar-refractivity contribution in [1.29, 1.82) is 0 Å². The highest BCUT2D eigenvalue weighted by atomic mass is 16.6. The lowest BCUT2D eigenvalue weighted by Crippen LogP contribution is -2.28. The van der Waals surface area contributed by atoms with Gasteiger partial charge in [-0.25, -0.2) is 0 Å². The van der Waals surface area contributed by atoms with Gasteiger partial charge in [-0.05, 0) is 103 Å². The molecule has 0 fully saturated rings. The molecular formula is C54H88O5. The van der Waals surface area contributed by atoms with Crippen molar-refractivity contribution in [2.75, 3.05) is 13.2 Å². The van der Waals surface area contributed by atoms with Crippen LogP contribution in [0.3, 0.4) is 0 Å². The summed E-state index contributed by atoms with van der Waals surface area (Å²) in [4.78, 5) is 24.4. The number of aliphatic hydroxyl groups is 1. The molecule has 0 heterocycles. The average molecular weight is 817 g/mol. The van der Waals surface area contributed by atoms with Crippen molar-refractivity contribution in [3.8, 4) is 0 Å². The second-order valence-corrected chi connectivity index (χ2v) is 15.4. The molecule has 0 aromatic carbocycles. The quantitative estimate of drug-likeness (QED) is 0.0377. The number of esters is 2. The first-order valence-electron chi connectivity index (χ1n) is 23.9. The summed E-state index contributed by atoms with van der Waals surface area (Å²) in [5.74, 6) is -0.637. The van der Waals surface area contributed by atoms with E-state index in [1.807, 2.05) is 0 Å². The number of aliphatic hydroxyl groups excluding tert-OH is 1. The molecule has 1 unspecified atom stereocenters. The Balaban J connectivity index is 3.67. The van der Waals surface area contributed by atoms with Gasteiger partial charge in [-0.2, -0.15) is 0 Å². The molecule has 0 amide bonds. The van der Waals surface area contributed by atoms with Crippen LogP contribution in [0, 0.1) is 0 Å². The summed E-state index contributed by atoms with van der Waals surface area (Å²) < 4.78 is 10.6. The summed E-state index contributed by atoms with van der Waals surface area (Å²) in [7, 11) is 0. The lowest BCUT2D eigenvalue weighted by Gasteiger charge is -2.15. The van der Waals surface area contributed by atoms with E-state index in [-0.39, 0.29) is 25.2 Å². The monoisotopic (exact) mass is 817 g/mol. The Bertz CT molecular complexity index is 1200. The fourth-order valence-corrected chi connectivity index (χ4v) is 6.21. The van der Waals surface area contributed by atoms with Crippen LogP contribution in [0.25, 0.3) is 0 Å². The summed E-state index contributed by atoms with van der Waals surface area (Å²) in [6.45, 7) is 3.98. The van der Waals surface area contributed by atoms with E-state index in [0.29, 0.717) is 12.8 Å². The molecule has 0 aliphatic rings. The van der Waals surface area contributed by atoms with Gasteiger partial charge >= 0.3 is 11.9 Å². The number of allylic oxidation sites excluding steroid dienone is 18. The molecule has 0 aromatic heterocycles. The smallest absolute Gasteiger partial charge is 0.306 e. The van der Waals surface area contributed by atoms with E-state index in [2.05, 4.69) is 123 Å². The van der Waals surface area contributed by atoms with Crippen LogP contribution in [0.5, 0.6) is 0 Å². The molecule has 5 nitrogen and oxygen atoms in total. The largest absolute Gasteiger partial charge is 0.462 e. The van der Waals surface area contributed by atoms with Gasteiger partial charge in [0.25, 0.3) is 0 Å². The third-order valence-electron chi connectivity index (χ3n) is 9.80. The molecule has 0 saturated carbocycles. The van der Waals surface area contributed by atoms with Crippen LogP contribution in [0.4, 0.5) is 0 Å². The number of carbonyl (C=O) groups is 2. The van der Waals surface area contributed by atoms with E-state index in [9.17, 15) is 14.7 Å². The van der Waals surface area contributed by atoms with Crippen molar-refractivity contribution >= 4 is 11.9 Å². The highest BCUT2D eigenvalue weighted by Gasteiger charge is 2.16. The Morgan fingerprint density at radius 3 is 1.12 bits per heavy atom. The molecule has 0 bridgehead atoms. The summed E-state index contributed by atoms with van der Waals surface area (Å²) in [6, 6.07) is 0. The summed E-state index contributed by atoms with van der Waals surface area (Å²) in [6.07, 6.45) is 70.2. The zero-order chi connectivity index (χ0) is 42.8. The Labute approximate surface area is 363 Å². The molecule has 0 aliphatic heterocycles. The Kier molecular flexibility index (Phi) is 46.1. The van der Waals surface area contributed by atoms with Gasteiger partial charge in [0.05, 0.1) is 6.61 Å². The van der Waals surface area contributed by atoms with E-state index in [1.54, 1.807) is 0 Å². The van der Waals surface area contributed by atoms with E-state index in [0.717, 1.165) is 109 Å². The van der Waals surface area contributed by atoms with Crippen LogP contribution in [0.15, 0.2) is 109 Å². The minimum absolute atomic E-state index is 0.0870. The van der Waals surface area contributed by atoms with Gasteiger partial charge in [0.2, 0.25) is 0 Å². The highest BCUT2D eigenvalue weighted by Crippen LogP contribution is 2.12. The Morgan fingerprint density at radius 2 is 0.729 bits per heavy atom. The zero-order valence-corrected chi connectivity index (χ0v) is 38.0. The number of rotatable bonds is 42. The van der Waals surface area contributed by atoms with Gasteiger partial charge in [0.1, 0.15) is 6.61 Å².